The van der Waals surface area contributed by atoms with Gasteiger partial charge in [-0.05, 0) is 12.5 Å². The molecule has 2 amide bonds. The quantitative estimate of drug-likeness (QED) is 0.873. The highest BCUT2D eigenvalue weighted by Gasteiger charge is 2.23. The Hall–Kier alpha value is -1.96. The van der Waals surface area contributed by atoms with Crippen LogP contribution in [0.5, 0.6) is 0 Å². The minimum absolute atomic E-state index is 0.135. The molecule has 128 valence electrons. The van der Waals surface area contributed by atoms with Crippen molar-refractivity contribution in [3.63, 3.8) is 0 Å². The van der Waals surface area contributed by atoms with Gasteiger partial charge in [-0.15, -0.1) is 11.3 Å². The smallest absolute Gasteiger partial charge is 0.321 e. The van der Waals surface area contributed by atoms with Crippen molar-refractivity contribution in [3.05, 3.63) is 47.0 Å². The normalized spacial score (nSPS) is 16.5. The lowest BCUT2D eigenvalue weighted by Gasteiger charge is -2.35. The Morgan fingerprint density at radius 3 is 2.96 bits per heavy atom. The number of aryl methyl sites for hydroxylation is 1. The molecule has 2 heterocycles. The number of ether oxygens (including phenoxy) is 1. The van der Waals surface area contributed by atoms with E-state index in [9.17, 15) is 4.79 Å². The van der Waals surface area contributed by atoms with E-state index in [1.54, 1.807) is 6.20 Å². The summed E-state index contributed by atoms with van der Waals surface area (Å²) >= 11 is 1.40. The second-order valence-electron chi connectivity index (χ2n) is 5.75. The van der Waals surface area contributed by atoms with Gasteiger partial charge in [-0.1, -0.05) is 29.8 Å². The van der Waals surface area contributed by atoms with Crippen LogP contribution in [0.1, 0.15) is 17.2 Å². The number of amides is 2. The topological polar surface area (TPSA) is 66.5 Å². The molecule has 2 N–H and O–H groups in total. The molecule has 0 bridgehead atoms. The number of hydrogen-bond donors (Lipinski definition) is 2. The minimum Gasteiger partial charge on any atom is -0.379 e. The van der Waals surface area contributed by atoms with Crippen LogP contribution in [-0.4, -0.2) is 48.8 Å². The summed E-state index contributed by atoms with van der Waals surface area (Å²) in [5.41, 5.74) is 2.43. The summed E-state index contributed by atoms with van der Waals surface area (Å²) in [7, 11) is 0. The van der Waals surface area contributed by atoms with E-state index in [4.69, 9.17) is 4.74 Å². The zero-order valence-corrected chi connectivity index (χ0v) is 14.5. The lowest BCUT2D eigenvalue weighted by Crippen LogP contribution is -2.44. The Morgan fingerprint density at radius 1 is 1.42 bits per heavy atom. The van der Waals surface area contributed by atoms with Crippen molar-refractivity contribution in [3.8, 4) is 0 Å². The fraction of sp³-hybridized carbons (Fsp3) is 0.412. The number of urea groups is 1. The third kappa shape index (κ3) is 4.53. The van der Waals surface area contributed by atoms with E-state index in [-0.39, 0.29) is 12.1 Å². The summed E-state index contributed by atoms with van der Waals surface area (Å²) in [5, 5.41) is 8.16. The standard InChI is InChI=1S/C17H22N4O2S/c1-13-3-2-4-14(11-13)15(21-6-8-23-9-7-21)12-19-16(22)20-17-18-5-10-24-17/h2-5,10-11,15H,6-9,12H2,1H3,(H2,18,19,20,22). The van der Waals surface area contributed by atoms with Crippen LogP contribution in [-0.2, 0) is 4.74 Å². The fourth-order valence-electron chi connectivity index (χ4n) is 2.84. The highest BCUT2D eigenvalue weighted by molar-refractivity contribution is 7.13. The third-order valence-electron chi connectivity index (χ3n) is 4.02. The molecular formula is C17H22N4O2S. The highest BCUT2D eigenvalue weighted by Crippen LogP contribution is 2.22. The molecule has 1 fully saturated rings. The number of nitrogens with zero attached hydrogens (tertiary/aromatic N) is 2. The van der Waals surface area contributed by atoms with Crippen molar-refractivity contribution in [2.24, 2.45) is 0 Å². The lowest BCUT2D eigenvalue weighted by molar-refractivity contribution is 0.0168. The summed E-state index contributed by atoms with van der Waals surface area (Å²) in [6.07, 6.45) is 1.67. The van der Waals surface area contributed by atoms with Crippen molar-refractivity contribution >= 4 is 22.5 Å². The molecule has 0 saturated carbocycles. The molecule has 0 radical (unpaired) electrons. The van der Waals surface area contributed by atoms with Crippen molar-refractivity contribution in [2.75, 3.05) is 38.2 Å². The Bertz CT molecular complexity index is 656. The van der Waals surface area contributed by atoms with E-state index >= 15 is 0 Å². The number of anilines is 1. The Kier molecular flexibility index (Phi) is 5.79. The van der Waals surface area contributed by atoms with Crippen LogP contribution in [0, 0.1) is 6.92 Å². The van der Waals surface area contributed by atoms with Gasteiger partial charge in [0.15, 0.2) is 5.13 Å². The summed E-state index contributed by atoms with van der Waals surface area (Å²) in [6.45, 7) is 5.83. The molecular weight excluding hydrogens is 324 g/mol. The van der Waals surface area contributed by atoms with E-state index in [0.717, 1.165) is 26.3 Å². The van der Waals surface area contributed by atoms with Crippen LogP contribution < -0.4 is 10.6 Å². The summed E-state index contributed by atoms with van der Waals surface area (Å²) in [6, 6.07) is 8.36. The predicted octanol–water partition coefficient (Wildman–Crippen LogP) is 2.65. The number of carbonyl (C=O) groups excluding carboxylic acids is 1. The van der Waals surface area contributed by atoms with Crippen molar-refractivity contribution in [1.29, 1.82) is 0 Å². The van der Waals surface area contributed by atoms with E-state index in [1.807, 2.05) is 5.38 Å². The summed E-state index contributed by atoms with van der Waals surface area (Å²) < 4.78 is 5.46. The lowest BCUT2D eigenvalue weighted by atomic mass is 10.0. The van der Waals surface area contributed by atoms with Crippen LogP contribution in [0.25, 0.3) is 0 Å². The molecule has 0 spiro atoms. The number of morpholine rings is 1. The molecule has 24 heavy (non-hydrogen) atoms. The molecule has 1 aliphatic rings. The number of rotatable bonds is 5. The van der Waals surface area contributed by atoms with Crippen molar-refractivity contribution in [1.82, 2.24) is 15.2 Å². The number of aromatic nitrogens is 1. The highest BCUT2D eigenvalue weighted by atomic mass is 32.1. The first-order valence-electron chi connectivity index (χ1n) is 8.05. The number of thiazole rings is 1. The van der Waals surface area contributed by atoms with Gasteiger partial charge < -0.3 is 10.1 Å². The van der Waals surface area contributed by atoms with Gasteiger partial charge in [0.1, 0.15) is 0 Å². The van der Waals surface area contributed by atoms with Gasteiger partial charge in [0.25, 0.3) is 0 Å². The predicted molar refractivity (Wildman–Crippen MR) is 95.4 cm³/mol. The van der Waals surface area contributed by atoms with Gasteiger partial charge >= 0.3 is 6.03 Å². The van der Waals surface area contributed by atoms with Gasteiger partial charge in [0.05, 0.1) is 19.3 Å². The Morgan fingerprint density at radius 2 is 2.25 bits per heavy atom. The molecule has 1 aromatic carbocycles. The number of nitrogens with one attached hydrogen (secondary N) is 2. The summed E-state index contributed by atoms with van der Waals surface area (Å²) in [4.78, 5) is 18.5. The molecule has 2 aromatic rings. The monoisotopic (exact) mass is 346 g/mol. The molecule has 0 aliphatic carbocycles. The second-order valence-corrected chi connectivity index (χ2v) is 6.65. The maximum Gasteiger partial charge on any atom is 0.321 e. The van der Waals surface area contributed by atoms with Crippen LogP contribution in [0.15, 0.2) is 35.8 Å². The first kappa shape index (κ1) is 16.9. The van der Waals surface area contributed by atoms with Crippen molar-refractivity contribution in [2.45, 2.75) is 13.0 Å². The maximum absolute atomic E-state index is 12.1. The molecule has 3 rings (SSSR count). The zero-order chi connectivity index (χ0) is 16.8. The van der Waals surface area contributed by atoms with Crippen LogP contribution in [0.4, 0.5) is 9.93 Å². The second kappa shape index (κ2) is 8.23. The number of hydrogen-bond acceptors (Lipinski definition) is 5. The average molecular weight is 346 g/mol. The van der Waals surface area contributed by atoms with E-state index in [2.05, 4.69) is 51.7 Å². The molecule has 1 saturated heterocycles. The molecule has 1 aliphatic heterocycles. The molecule has 1 aromatic heterocycles. The van der Waals surface area contributed by atoms with Gasteiger partial charge in [0, 0.05) is 31.2 Å². The van der Waals surface area contributed by atoms with Crippen LogP contribution in [0.3, 0.4) is 0 Å². The molecule has 7 heteroatoms. The van der Waals surface area contributed by atoms with Gasteiger partial charge in [0.2, 0.25) is 0 Å². The van der Waals surface area contributed by atoms with Gasteiger partial charge in [-0.25, -0.2) is 9.78 Å². The number of benzene rings is 1. The Balaban J connectivity index is 1.66. The van der Waals surface area contributed by atoms with Gasteiger partial charge in [-0.3, -0.25) is 10.2 Å². The van der Waals surface area contributed by atoms with E-state index < -0.39 is 0 Å². The average Bonchev–Trinajstić information content (AvgIpc) is 3.09. The van der Waals surface area contributed by atoms with Crippen LogP contribution >= 0.6 is 11.3 Å². The largest absolute Gasteiger partial charge is 0.379 e. The zero-order valence-electron chi connectivity index (χ0n) is 13.7. The van der Waals surface area contributed by atoms with Crippen LogP contribution in [0.2, 0.25) is 0 Å². The van der Waals surface area contributed by atoms with Gasteiger partial charge in [-0.2, -0.15) is 0 Å². The molecule has 1 unspecified atom stereocenters. The molecule has 1 atom stereocenters. The number of carbonyl (C=O) groups is 1. The van der Waals surface area contributed by atoms with E-state index in [0.29, 0.717) is 11.7 Å². The molecule has 6 nitrogen and oxygen atoms in total. The maximum atomic E-state index is 12.1. The third-order valence-corrected chi connectivity index (χ3v) is 4.71. The van der Waals surface area contributed by atoms with Crippen molar-refractivity contribution < 1.29 is 9.53 Å². The first-order chi connectivity index (χ1) is 11.7. The Labute approximate surface area is 145 Å². The first-order valence-corrected chi connectivity index (χ1v) is 8.93. The SMILES string of the molecule is Cc1cccc(C(CNC(=O)Nc2nccs2)N2CCOCC2)c1. The minimum atomic E-state index is -0.226. The van der Waals surface area contributed by atoms with E-state index in [1.165, 1.54) is 22.5 Å². The summed E-state index contributed by atoms with van der Waals surface area (Å²) in [5.74, 6) is 0. The fourth-order valence-corrected chi connectivity index (χ4v) is 3.36.